The van der Waals surface area contributed by atoms with E-state index in [1.165, 1.54) is 0 Å². The Bertz CT molecular complexity index is 545. The maximum absolute atomic E-state index is 5.92. The van der Waals surface area contributed by atoms with Crippen LogP contribution in [0.5, 0.6) is 5.75 Å². The van der Waals surface area contributed by atoms with Gasteiger partial charge in [0.15, 0.2) is 0 Å². The molecular weight excluding hydrogens is 264 g/mol. The molecule has 0 aliphatic carbocycles. The first-order chi connectivity index (χ1) is 10.3. The lowest BCUT2D eigenvalue weighted by molar-refractivity contribution is 0.143. The minimum Gasteiger partial charge on any atom is -0.489 e. The molecule has 0 amide bonds. The van der Waals surface area contributed by atoms with Crippen molar-refractivity contribution in [1.82, 2.24) is 10.3 Å². The highest BCUT2D eigenvalue weighted by atomic mass is 16.5. The number of pyridine rings is 1. The maximum Gasteiger partial charge on any atom is 0.121 e. The fourth-order valence-corrected chi connectivity index (χ4v) is 2.14. The van der Waals surface area contributed by atoms with Crippen LogP contribution in [0.1, 0.15) is 20.3 Å². The van der Waals surface area contributed by atoms with Gasteiger partial charge >= 0.3 is 0 Å². The predicted octanol–water partition coefficient (Wildman–Crippen LogP) is 3.02. The number of fused-ring (bicyclic) bond motifs is 1. The highest BCUT2D eigenvalue weighted by Gasteiger charge is 2.04. The van der Waals surface area contributed by atoms with Gasteiger partial charge in [-0.05, 0) is 45.0 Å². The summed E-state index contributed by atoms with van der Waals surface area (Å²) in [5, 5.41) is 4.51. The highest BCUT2D eigenvalue weighted by Crippen LogP contribution is 2.19. The van der Waals surface area contributed by atoms with E-state index in [2.05, 4.69) is 23.3 Å². The summed E-state index contributed by atoms with van der Waals surface area (Å²) in [7, 11) is 0. The largest absolute Gasteiger partial charge is 0.489 e. The van der Waals surface area contributed by atoms with Gasteiger partial charge in [-0.15, -0.1) is 0 Å². The van der Waals surface area contributed by atoms with E-state index in [0.717, 1.165) is 49.4 Å². The number of nitrogens with one attached hydrogen (secondary N) is 1. The SMILES string of the molecule is CCOCCCNCC(C)Oc1ccc2cccnc2c1. The van der Waals surface area contributed by atoms with Crippen LogP contribution in [0.15, 0.2) is 36.5 Å². The molecule has 0 aliphatic rings. The van der Waals surface area contributed by atoms with Crippen molar-refractivity contribution >= 4 is 10.9 Å². The Morgan fingerprint density at radius 1 is 1.29 bits per heavy atom. The molecule has 0 saturated heterocycles. The lowest BCUT2D eigenvalue weighted by Crippen LogP contribution is -2.30. The molecule has 1 N–H and O–H groups in total. The average Bonchev–Trinajstić information content (AvgIpc) is 2.50. The summed E-state index contributed by atoms with van der Waals surface area (Å²) < 4.78 is 11.2. The lowest BCUT2D eigenvalue weighted by atomic mass is 10.2. The number of hydrogen-bond donors (Lipinski definition) is 1. The minimum atomic E-state index is 0.123. The molecule has 1 atom stereocenters. The standard InChI is InChI=1S/C17H24N2O2/c1-3-20-11-5-9-18-13-14(2)21-16-8-7-15-6-4-10-19-17(15)12-16/h4,6-8,10,12,14,18H,3,5,9,11,13H2,1-2H3. The van der Waals surface area contributed by atoms with Crippen LogP contribution >= 0.6 is 0 Å². The predicted molar refractivity (Wildman–Crippen MR) is 85.8 cm³/mol. The van der Waals surface area contributed by atoms with Crippen LogP contribution in [0.25, 0.3) is 10.9 Å². The van der Waals surface area contributed by atoms with Gasteiger partial charge < -0.3 is 14.8 Å². The molecule has 4 heteroatoms. The first-order valence-electron chi connectivity index (χ1n) is 7.59. The summed E-state index contributed by atoms with van der Waals surface area (Å²) >= 11 is 0. The molecule has 2 rings (SSSR count). The van der Waals surface area contributed by atoms with Crippen LogP contribution in [0.2, 0.25) is 0 Å². The van der Waals surface area contributed by atoms with Gasteiger partial charge in [-0.2, -0.15) is 0 Å². The first-order valence-corrected chi connectivity index (χ1v) is 7.59. The molecule has 1 aromatic carbocycles. The van der Waals surface area contributed by atoms with Crippen molar-refractivity contribution in [2.75, 3.05) is 26.3 Å². The van der Waals surface area contributed by atoms with Crippen LogP contribution in [0.3, 0.4) is 0 Å². The van der Waals surface area contributed by atoms with Gasteiger partial charge in [0.25, 0.3) is 0 Å². The summed E-state index contributed by atoms with van der Waals surface area (Å²) in [5.74, 6) is 0.866. The number of aromatic nitrogens is 1. The second-order valence-electron chi connectivity index (χ2n) is 5.04. The highest BCUT2D eigenvalue weighted by molar-refractivity contribution is 5.79. The van der Waals surface area contributed by atoms with Gasteiger partial charge in [0.1, 0.15) is 11.9 Å². The topological polar surface area (TPSA) is 43.4 Å². The van der Waals surface area contributed by atoms with Crippen LogP contribution in [0, 0.1) is 0 Å². The molecule has 21 heavy (non-hydrogen) atoms. The molecule has 0 fully saturated rings. The zero-order valence-electron chi connectivity index (χ0n) is 12.8. The molecule has 4 nitrogen and oxygen atoms in total. The molecule has 0 saturated carbocycles. The summed E-state index contributed by atoms with van der Waals surface area (Å²) in [5.41, 5.74) is 0.965. The van der Waals surface area contributed by atoms with E-state index in [0.29, 0.717) is 0 Å². The van der Waals surface area contributed by atoms with E-state index in [1.807, 2.05) is 31.2 Å². The lowest BCUT2D eigenvalue weighted by Gasteiger charge is -2.15. The summed E-state index contributed by atoms with van der Waals surface area (Å²) in [6.07, 6.45) is 2.95. The second kappa shape index (κ2) is 8.60. The van der Waals surface area contributed by atoms with Crippen molar-refractivity contribution in [2.45, 2.75) is 26.4 Å². The van der Waals surface area contributed by atoms with Crippen LogP contribution < -0.4 is 10.1 Å². The fraction of sp³-hybridized carbons (Fsp3) is 0.471. The number of benzene rings is 1. The van der Waals surface area contributed by atoms with Gasteiger partial charge in [0, 0.05) is 37.4 Å². The molecular formula is C17H24N2O2. The normalized spacial score (nSPS) is 12.5. The maximum atomic E-state index is 5.92. The van der Waals surface area contributed by atoms with Gasteiger partial charge in [-0.1, -0.05) is 6.07 Å². The van der Waals surface area contributed by atoms with Crippen molar-refractivity contribution in [3.63, 3.8) is 0 Å². The second-order valence-corrected chi connectivity index (χ2v) is 5.04. The molecule has 1 heterocycles. The third-order valence-corrected chi connectivity index (χ3v) is 3.19. The van der Waals surface area contributed by atoms with Crippen molar-refractivity contribution in [1.29, 1.82) is 0 Å². The third-order valence-electron chi connectivity index (χ3n) is 3.19. The first kappa shape index (κ1) is 15.7. The van der Waals surface area contributed by atoms with Crippen LogP contribution in [0.4, 0.5) is 0 Å². The molecule has 0 radical (unpaired) electrons. The Kier molecular flexibility index (Phi) is 6.44. The number of ether oxygens (including phenoxy) is 2. The number of nitrogens with zero attached hydrogens (tertiary/aromatic N) is 1. The van der Waals surface area contributed by atoms with Gasteiger partial charge in [-0.25, -0.2) is 0 Å². The molecule has 114 valence electrons. The van der Waals surface area contributed by atoms with Crippen molar-refractivity contribution in [2.24, 2.45) is 0 Å². The van der Waals surface area contributed by atoms with Gasteiger partial charge in [0.05, 0.1) is 5.52 Å². The monoisotopic (exact) mass is 288 g/mol. The van der Waals surface area contributed by atoms with Crippen molar-refractivity contribution in [3.05, 3.63) is 36.5 Å². The molecule has 0 bridgehead atoms. The van der Waals surface area contributed by atoms with Gasteiger partial charge in [0.2, 0.25) is 0 Å². The van der Waals surface area contributed by atoms with E-state index in [9.17, 15) is 0 Å². The Morgan fingerprint density at radius 2 is 2.19 bits per heavy atom. The van der Waals surface area contributed by atoms with Crippen molar-refractivity contribution < 1.29 is 9.47 Å². The van der Waals surface area contributed by atoms with E-state index >= 15 is 0 Å². The molecule has 2 aromatic rings. The summed E-state index contributed by atoms with van der Waals surface area (Å²) in [4.78, 5) is 4.34. The Hall–Kier alpha value is -1.65. The minimum absolute atomic E-state index is 0.123. The molecule has 0 spiro atoms. The van der Waals surface area contributed by atoms with Gasteiger partial charge in [-0.3, -0.25) is 4.98 Å². The molecule has 0 aliphatic heterocycles. The van der Waals surface area contributed by atoms with Crippen LogP contribution in [-0.2, 0) is 4.74 Å². The zero-order chi connectivity index (χ0) is 14.9. The van der Waals surface area contributed by atoms with E-state index in [1.54, 1.807) is 6.20 Å². The fourth-order valence-electron chi connectivity index (χ4n) is 2.14. The average molecular weight is 288 g/mol. The number of rotatable bonds is 9. The Morgan fingerprint density at radius 3 is 3.05 bits per heavy atom. The van der Waals surface area contributed by atoms with Crippen LogP contribution in [-0.4, -0.2) is 37.4 Å². The quantitative estimate of drug-likeness (QED) is 0.720. The third kappa shape index (κ3) is 5.33. The summed E-state index contributed by atoms with van der Waals surface area (Å²) in [6.45, 7) is 7.46. The zero-order valence-corrected chi connectivity index (χ0v) is 12.8. The summed E-state index contributed by atoms with van der Waals surface area (Å²) in [6, 6.07) is 10.0. The number of hydrogen-bond acceptors (Lipinski definition) is 4. The van der Waals surface area contributed by atoms with E-state index < -0.39 is 0 Å². The Balaban J connectivity index is 1.74. The van der Waals surface area contributed by atoms with Crippen molar-refractivity contribution in [3.8, 4) is 5.75 Å². The van der Waals surface area contributed by atoms with E-state index in [4.69, 9.17) is 9.47 Å². The molecule has 1 unspecified atom stereocenters. The Labute approximate surface area is 126 Å². The molecule has 1 aromatic heterocycles. The van der Waals surface area contributed by atoms with E-state index in [-0.39, 0.29) is 6.10 Å². The smallest absolute Gasteiger partial charge is 0.121 e.